The predicted molar refractivity (Wildman–Crippen MR) is 112 cm³/mol. The van der Waals surface area contributed by atoms with Crippen molar-refractivity contribution in [2.45, 2.75) is 35.1 Å². The molecule has 0 radical (unpaired) electrons. The minimum atomic E-state index is -0.112. The third-order valence-electron chi connectivity index (χ3n) is 4.55. The highest BCUT2D eigenvalue weighted by atomic mass is 16.5. The summed E-state index contributed by atoms with van der Waals surface area (Å²) in [5, 5.41) is 6.99. The van der Waals surface area contributed by atoms with Crippen LogP contribution in [0.25, 0.3) is 33.3 Å². The third-order valence-corrected chi connectivity index (χ3v) is 4.55. The maximum absolute atomic E-state index is 11.7. The van der Waals surface area contributed by atoms with Crippen LogP contribution in [-0.2, 0) is 4.79 Å². The Hall–Kier alpha value is -3.41. The molecule has 4 aromatic rings. The van der Waals surface area contributed by atoms with E-state index in [1.165, 1.54) is 6.92 Å². The van der Waals surface area contributed by atoms with E-state index in [0.29, 0.717) is 0 Å². The zero-order chi connectivity index (χ0) is 19.1. The molecule has 2 aromatic carbocycles. The third kappa shape index (κ3) is 3.29. The number of fused-ring (bicyclic) bond motifs is 1. The number of anilines is 1. The highest BCUT2D eigenvalue weighted by Gasteiger charge is 2.18. The van der Waals surface area contributed by atoms with Crippen molar-refractivity contribution in [3.63, 3.8) is 0 Å². The maximum Gasteiger partial charge on any atom is 0.221 e. The second-order valence-electron chi connectivity index (χ2n) is 6.67. The van der Waals surface area contributed by atoms with Gasteiger partial charge in [0.2, 0.25) is 5.91 Å². The van der Waals surface area contributed by atoms with Crippen molar-refractivity contribution in [1.82, 2.24) is 15.1 Å². The van der Waals surface area contributed by atoms with Crippen LogP contribution >= 0.6 is 0 Å². The van der Waals surface area contributed by atoms with Gasteiger partial charge in [0, 0.05) is 29.3 Å². The first-order valence-electron chi connectivity index (χ1n) is 8.74. The van der Waals surface area contributed by atoms with Gasteiger partial charge >= 0.3 is 0 Å². The van der Waals surface area contributed by atoms with Gasteiger partial charge in [0.05, 0.1) is 16.7 Å². The van der Waals surface area contributed by atoms with Crippen LogP contribution in [0.5, 0.6) is 0 Å². The molecule has 144 valence electrons. The molecule has 0 aliphatic carbocycles. The highest BCUT2D eigenvalue weighted by molar-refractivity contribution is 6.02. The van der Waals surface area contributed by atoms with Crippen LogP contribution in [0.1, 0.15) is 31.6 Å². The molecule has 0 fully saturated rings. The number of aromatic amines is 1. The fourth-order valence-corrected chi connectivity index (χ4v) is 3.50. The second-order valence-corrected chi connectivity index (χ2v) is 6.67. The van der Waals surface area contributed by atoms with E-state index in [0.717, 1.165) is 56.3 Å². The summed E-state index contributed by atoms with van der Waals surface area (Å²) < 4.78 is 5.36. The van der Waals surface area contributed by atoms with Crippen LogP contribution in [0.3, 0.4) is 0 Å². The number of hydrogen-bond acceptors (Lipinski definition) is 4. The van der Waals surface area contributed by atoms with Gasteiger partial charge in [-0.3, -0.25) is 4.79 Å². The van der Waals surface area contributed by atoms with Gasteiger partial charge in [-0.1, -0.05) is 30.8 Å². The summed E-state index contributed by atoms with van der Waals surface area (Å²) in [7, 11) is 0. The molecular weight excluding hydrogens is 352 g/mol. The van der Waals surface area contributed by atoms with Crippen LogP contribution in [0.2, 0.25) is 0 Å². The summed E-state index contributed by atoms with van der Waals surface area (Å²) in [6.07, 6.45) is 0. The van der Waals surface area contributed by atoms with Crippen LogP contribution in [0.15, 0.2) is 40.9 Å². The molecule has 6 heteroatoms. The van der Waals surface area contributed by atoms with Crippen molar-refractivity contribution in [1.29, 1.82) is 0 Å². The SMILES string of the molecule is C.CC(=O)Nc1ccccc1-c1cc(-c2c(C)noc2C)cc2[nH]c(C)nc12. The lowest BCUT2D eigenvalue weighted by Gasteiger charge is -2.12. The minimum absolute atomic E-state index is 0. The molecule has 4 rings (SSSR count). The van der Waals surface area contributed by atoms with Gasteiger partial charge in [0.15, 0.2) is 0 Å². The van der Waals surface area contributed by atoms with Crippen LogP contribution in [0.4, 0.5) is 5.69 Å². The smallest absolute Gasteiger partial charge is 0.221 e. The van der Waals surface area contributed by atoms with E-state index >= 15 is 0 Å². The molecule has 28 heavy (non-hydrogen) atoms. The average Bonchev–Trinajstić information content (AvgIpc) is 3.15. The Morgan fingerprint density at radius 3 is 2.54 bits per heavy atom. The molecular formula is C22H24N4O2. The first-order chi connectivity index (χ1) is 12.9. The van der Waals surface area contributed by atoms with Crippen molar-refractivity contribution >= 4 is 22.6 Å². The first kappa shape index (κ1) is 19.4. The largest absolute Gasteiger partial charge is 0.361 e. The van der Waals surface area contributed by atoms with Crippen molar-refractivity contribution in [3.8, 4) is 22.3 Å². The number of imidazole rings is 1. The summed E-state index contributed by atoms with van der Waals surface area (Å²) in [6.45, 7) is 7.27. The molecule has 0 aliphatic heterocycles. The Balaban J connectivity index is 0.00000225. The number of aryl methyl sites for hydroxylation is 3. The average molecular weight is 376 g/mol. The lowest BCUT2D eigenvalue weighted by atomic mass is 9.95. The molecule has 0 atom stereocenters. The maximum atomic E-state index is 11.7. The Labute approximate surface area is 164 Å². The number of hydrogen-bond donors (Lipinski definition) is 2. The first-order valence-corrected chi connectivity index (χ1v) is 8.74. The zero-order valence-corrected chi connectivity index (χ0v) is 15.7. The fraction of sp³-hybridized carbons (Fsp3) is 0.227. The number of benzene rings is 2. The van der Waals surface area contributed by atoms with E-state index in [4.69, 9.17) is 4.52 Å². The van der Waals surface area contributed by atoms with Gasteiger partial charge in [0.1, 0.15) is 11.6 Å². The molecule has 0 spiro atoms. The Morgan fingerprint density at radius 1 is 1.11 bits per heavy atom. The van der Waals surface area contributed by atoms with Crippen LogP contribution in [-0.4, -0.2) is 21.0 Å². The number of para-hydroxylation sites is 1. The molecule has 6 nitrogen and oxygen atoms in total. The van der Waals surface area contributed by atoms with Crippen molar-refractivity contribution in [2.75, 3.05) is 5.32 Å². The monoisotopic (exact) mass is 376 g/mol. The molecule has 0 saturated carbocycles. The lowest BCUT2D eigenvalue weighted by Crippen LogP contribution is -2.06. The number of carbonyl (C=O) groups is 1. The quantitative estimate of drug-likeness (QED) is 0.501. The molecule has 0 aliphatic rings. The predicted octanol–water partition coefficient (Wildman–Crippen LogP) is 5.40. The van der Waals surface area contributed by atoms with Crippen LogP contribution < -0.4 is 5.32 Å². The number of rotatable bonds is 3. The molecule has 2 aromatic heterocycles. The number of amides is 1. The molecule has 2 heterocycles. The van der Waals surface area contributed by atoms with Gasteiger partial charge < -0.3 is 14.8 Å². The van der Waals surface area contributed by atoms with E-state index in [1.807, 2.05) is 45.0 Å². The summed E-state index contributed by atoms with van der Waals surface area (Å²) in [4.78, 5) is 19.6. The Morgan fingerprint density at radius 2 is 1.86 bits per heavy atom. The van der Waals surface area contributed by atoms with E-state index < -0.39 is 0 Å². The highest BCUT2D eigenvalue weighted by Crippen LogP contribution is 2.38. The van der Waals surface area contributed by atoms with Gasteiger partial charge in [0.25, 0.3) is 0 Å². The van der Waals surface area contributed by atoms with Crippen molar-refractivity contribution < 1.29 is 9.32 Å². The molecule has 0 unspecified atom stereocenters. The van der Waals surface area contributed by atoms with Crippen molar-refractivity contribution in [2.24, 2.45) is 0 Å². The molecule has 0 bridgehead atoms. The standard InChI is InChI=1S/C21H20N4O2.CH4/c1-11-20(12(2)27-25-11)15-9-17(21-19(10-15)22-13(3)23-21)16-7-5-6-8-18(16)24-14(4)26;/h5-10H,1-4H3,(H,22,23)(H,24,26);1H4. The fourth-order valence-electron chi connectivity index (χ4n) is 3.50. The summed E-state index contributed by atoms with van der Waals surface area (Å²) in [6, 6.07) is 11.9. The van der Waals surface area contributed by atoms with Gasteiger partial charge in [-0.15, -0.1) is 0 Å². The number of aromatic nitrogens is 3. The van der Waals surface area contributed by atoms with Crippen molar-refractivity contribution in [3.05, 3.63) is 53.7 Å². The molecule has 0 saturated heterocycles. The molecule has 2 N–H and O–H groups in total. The van der Waals surface area contributed by atoms with Gasteiger partial charge in [-0.25, -0.2) is 4.98 Å². The van der Waals surface area contributed by atoms with E-state index in [9.17, 15) is 4.79 Å². The van der Waals surface area contributed by atoms with E-state index in [1.54, 1.807) is 0 Å². The Kier molecular flexibility index (Phi) is 5.05. The number of H-pyrrole nitrogens is 1. The van der Waals surface area contributed by atoms with Gasteiger partial charge in [-0.05, 0) is 44.5 Å². The van der Waals surface area contributed by atoms with E-state index in [2.05, 4.69) is 32.6 Å². The summed E-state index contributed by atoms with van der Waals surface area (Å²) >= 11 is 0. The van der Waals surface area contributed by atoms with Crippen LogP contribution in [0, 0.1) is 20.8 Å². The normalized spacial score (nSPS) is 10.7. The molecule has 1 amide bonds. The number of carbonyl (C=O) groups excluding carboxylic acids is 1. The zero-order valence-electron chi connectivity index (χ0n) is 15.7. The van der Waals surface area contributed by atoms with E-state index in [-0.39, 0.29) is 13.3 Å². The summed E-state index contributed by atoms with van der Waals surface area (Å²) in [5.41, 5.74) is 7.21. The topological polar surface area (TPSA) is 83.8 Å². The second kappa shape index (κ2) is 7.31. The Bertz CT molecular complexity index is 1150. The van der Waals surface area contributed by atoms with Gasteiger partial charge in [-0.2, -0.15) is 0 Å². The summed E-state index contributed by atoms with van der Waals surface area (Å²) in [5.74, 6) is 1.49. The number of nitrogens with zero attached hydrogens (tertiary/aromatic N) is 2. The number of nitrogens with one attached hydrogen (secondary N) is 2. The minimum Gasteiger partial charge on any atom is -0.361 e. The lowest BCUT2D eigenvalue weighted by molar-refractivity contribution is -0.114.